The summed E-state index contributed by atoms with van der Waals surface area (Å²) in [4.78, 5) is 12.2. The molecule has 0 aliphatic heterocycles. The van der Waals surface area contributed by atoms with Gasteiger partial charge in [0.15, 0.2) is 0 Å². The van der Waals surface area contributed by atoms with Gasteiger partial charge in [-0.1, -0.05) is 48.9 Å². The fourth-order valence-electron chi connectivity index (χ4n) is 2.61. The lowest BCUT2D eigenvalue weighted by atomic mass is 10.0. The fraction of sp³-hybridized carbons (Fsp3) is 0.286. The van der Waals surface area contributed by atoms with Crippen LogP contribution in [-0.2, 0) is 4.79 Å². The van der Waals surface area contributed by atoms with Gasteiger partial charge < -0.3 is 10.1 Å². The number of hydrogen-bond donors (Lipinski definition) is 1. The molecule has 0 aliphatic rings. The Morgan fingerprint density at radius 2 is 1.88 bits per heavy atom. The number of carbonyl (C=O) groups is 1. The number of nitrogens with one attached hydrogen (secondary N) is 1. The van der Waals surface area contributed by atoms with Crippen molar-refractivity contribution in [2.75, 3.05) is 7.11 Å². The molecule has 1 atom stereocenters. The second kappa shape index (κ2) is 8.34. The Kier molecular flexibility index (Phi) is 6.19. The van der Waals surface area contributed by atoms with E-state index >= 15 is 0 Å². The molecule has 1 unspecified atom stereocenters. The van der Waals surface area contributed by atoms with Crippen molar-refractivity contribution < 1.29 is 9.53 Å². The maximum Gasteiger partial charge on any atom is 0.244 e. The van der Waals surface area contributed by atoms with Gasteiger partial charge in [-0.3, -0.25) is 4.79 Å². The van der Waals surface area contributed by atoms with Crippen LogP contribution >= 0.6 is 0 Å². The lowest BCUT2D eigenvalue weighted by Gasteiger charge is -2.18. The molecule has 0 aliphatic carbocycles. The first-order chi connectivity index (χ1) is 11.5. The SMILES string of the molecule is CCC(NC(=O)/C=C/c1ccc(C)cc1)c1ccc(OC)c(C)c1. The zero-order valence-electron chi connectivity index (χ0n) is 14.8. The van der Waals surface area contributed by atoms with Crippen molar-refractivity contribution in [2.24, 2.45) is 0 Å². The molecule has 2 rings (SSSR count). The summed E-state index contributed by atoms with van der Waals surface area (Å²) in [6.45, 7) is 6.12. The number of carbonyl (C=O) groups excluding carboxylic acids is 1. The summed E-state index contributed by atoms with van der Waals surface area (Å²) in [5, 5.41) is 3.06. The van der Waals surface area contributed by atoms with Gasteiger partial charge in [-0.2, -0.15) is 0 Å². The van der Waals surface area contributed by atoms with E-state index in [4.69, 9.17) is 4.74 Å². The third-order valence-corrected chi connectivity index (χ3v) is 4.05. The van der Waals surface area contributed by atoms with Gasteiger partial charge in [0.1, 0.15) is 5.75 Å². The lowest BCUT2D eigenvalue weighted by molar-refractivity contribution is -0.117. The molecular formula is C21H25NO2. The minimum atomic E-state index is -0.0871. The lowest BCUT2D eigenvalue weighted by Crippen LogP contribution is -2.26. The highest BCUT2D eigenvalue weighted by atomic mass is 16.5. The van der Waals surface area contributed by atoms with Gasteiger partial charge in [-0.15, -0.1) is 0 Å². The van der Waals surface area contributed by atoms with Crippen molar-refractivity contribution in [3.63, 3.8) is 0 Å². The maximum atomic E-state index is 12.2. The molecular weight excluding hydrogens is 298 g/mol. The van der Waals surface area contributed by atoms with Crippen LogP contribution in [0.25, 0.3) is 6.08 Å². The molecule has 3 nitrogen and oxygen atoms in total. The van der Waals surface area contributed by atoms with Gasteiger partial charge in [0.2, 0.25) is 5.91 Å². The second-order valence-corrected chi connectivity index (χ2v) is 5.94. The highest BCUT2D eigenvalue weighted by Crippen LogP contribution is 2.24. The predicted molar refractivity (Wildman–Crippen MR) is 99.1 cm³/mol. The first-order valence-electron chi connectivity index (χ1n) is 8.23. The number of ether oxygens (including phenoxy) is 1. The average Bonchev–Trinajstić information content (AvgIpc) is 2.59. The standard InChI is InChI=1S/C21H25NO2/c1-5-19(18-11-12-20(24-4)16(3)14-18)22-21(23)13-10-17-8-6-15(2)7-9-17/h6-14,19H,5H2,1-4H3,(H,22,23)/b13-10+. The van der Waals surface area contributed by atoms with Crippen LogP contribution < -0.4 is 10.1 Å². The smallest absolute Gasteiger partial charge is 0.244 e. The topological polar surface area (TPSA) is 38.3 Å². The summed E-state index contributed by atoms with van der Waals surface area (Å²) < 4.78 is 5.29. The molecule has 0 heterocycles. The molecule has 24 heavy (non-hydrogen) atoms. The van der Waals surface area contributed by atoms with Gasteiger partial charge in [-0.05, 0) is 49.1 Å². The Morgan fingerprint density at radius 1 is 1.17 bits per heavy atom. The van der Waals surface area contributed by atoms with Crippen molar-refractivity contribution in [3.8, 4) is 5.75 Å². The second-order valence-electron chi connectivity index (χ2n) is 5.94. The number of methoxy groups -OCH3 is 1. The van der Waals surface area contributed by atoms with Gasteiger partial charge in [0.25, 0.3) is 0 Å². The Bertz CT molecular complexity index is 717. The monoisotopic (exact) mass is 323 g/mol. The minimum absolute atomic E-state index is 0.00947. The fourth-order valence-corrected chi connectivity index (χ4v) is 2.61. The number of rotatable bonds is 6. The number of amides is 1. The van der Waals surface area contributed by atoms with E-state index in [2.05, 4.69) is 18.3 Å². The van der Waals surface area contributed by atoms with Crippen molar-refractivity contribution in [2.45, 2.75) is 33.2 Å². The third kappa shape index (κ3) is 4.72. The first kappa shape index (κ1) is 17.8. The van der Waals surface area contributed by atoms with Crippen LogP contribution in [0.5, 0.6) is 5.75 Å². The summed E-state index contributed by atoms with van der Waals surface area (Å²) in [5.41, 5.74) is 4.38. The summed E-state index contributed by atoms with van der Waals surface area (Å²) >= 11 is 0. The number of benzene rings is 2. The average molecular weight is 323 g/mol. The van der Waals surface area contributed by atoms with E-state index in [1.807, 2.05) is 56.3 Å². The summed E-state index contributed by atoms with van der Waals surface area (Å²) in [6.07, 6.45) is 4.25. The largest absolute Gasteiger partial charge is 0.496 e. The summed E-state index contributed by atoms with van der Waals surface area (Å²) in [6, 6.07) is 14.1. The molecule has 0 saturated heterocycles. The van der Waals surface area contributed by atoms with E-state index in [-0.39, 0.29) is 11.9 Å². The number of aryl methyl sites for hydroxylation is 2. The van der Waals surface area contributed by atoms with Crippen molar-refractivity contribution in [3.05, 3.63) is 70.8 Å². The molecule has 0 spiro atoms. The zero-order valence-corrected chi connectivity index (χ0v) is 14.8. The van der Waals surface area contributed by atoms with E-state index in [1.54, 1.807) is 13.2 Å². The molecule has 3 heteroatoms. The predicted octanol–water partition coefficient (Wildman–Crippen LogP) is 4.59. The number of hydrogen-bond acceptors (Lipinski definition) is 2. The molecule has 0 saturated carbocycles. The van der Waals surface area contributed by atoms with Gasteiger partial charge in [0.05, 0.1) is 13.2 Å². The first-order valence-corrected chi connectivity index (χ1v) is 8.23. The molecule has 1 N–H and O–H groups in total. The highest BCUT2D eigenvalue weighted by molar-refractivity contribution is 5.92. The Labute approximate surface area is 144 Å². The summed E-state index contributed by atoms with van der Waals surface area (Å²) in [7, 11) is 1.66. The van der Waals surface area contributed by atoms with E-state index in [0.29, 0.717) is 0 Å². The van der Waals surface area contributed by atoms with Crippen LogP contribution in [0.4, 0.5) is 0 Å². The van der Waals surface area contributed by atoms with E-state index in [9.17, 15) is 4.79 Å². The van der Waals surface area contributed by atoms with E-state index in [1.165, 1.54) is 5.56 Å². The highest BCUT2D eigenvalue weighted by Gasteiger charge is 2.12. The van der Waals surface area contributed by atoms with Crippen LogP contribution in [0.15, 0.2) is 48.5 Å². The normalized spacial score (nSPS) is 12.2. The minimum Gasteiger partial charge on any atom is -0.496 e. The Morgan fingerprint density at radius 3 is 2.46 bits per heavy atom. The molecule has 0 fully saturated rings. The van der Waals surface area contributed by atoms with Crippen LogP contribution in [-0.4, -0.2) is 13.0 Å². The quantitative estimate of drug-likeness (QED) is 0.789. The summed E-state index contributed by atoms with van der Waals surface area (Å²) in [5.74, 6) is 0.773. The molecule has 0 aromatic heterocycles. The maximum absolute atomic E-state index is 12.2. The van der Waals surface area contributed by atoms with Gasteiger partial charge >= 0.3 is 0 Å². The van der Waals surface area contributed by atoms with Crippen molar-refractivity contribution in [1.29, 1.82) is 0 Å². The molecule has 126 valence electrons. The van der Waals surface area contributed by atoms with E-state index in [0.717, 1.165) is 28.9 Å². The Hall–Kier alpha value is -2.55. The molecule has 1 amide bonds. The van der Waals surface area contributed by atoms with E-state index < -0.39 is 0 Å². The van der Waals surface area contributed by atoms with Gasteiger partial charge in [0, 0.05) is 6.08 Å². The van der Waals surface area contributed by atoms with Crippen LogP contribution in [0.2, 0.25) is 0 Å². The zero-order chi connectivity index (χ0) is 17.5. The van der Waals surface area contributed by atoms with Crippen molar-refractivity contribution >= 4 is 12.0 Å². The molecule has 0 radical (unpaired) electrons. The Balaban J connectivity index is 2.05. The van der Waals surface area contributed by atoms with Gasteiger partial charge in [-0.25, -0.2) is 0 Å². The van der Waals surface area contributed by atoms with Crippen molar-refractivity contribution in [1.82, 2.24) is 5.32 Å². The van der Waals surface area contributed by atoms with Crippen LogP contribution in [0, 0.1) is 13.8 Å². The molecule has 2 aromatic rings. The third-order valence-electron chi connectivity index (χ3n) is 4.05. The van der Waals surface area contributed by atoms with Crippen LogP contribution in [0.3, 0.4) is 0 Å². The van der Waals surface area contributed by atoms with Crippen LogP contribution in [0.1, 0.15) is 41.6 Å². The molecule has 0 bridgehead atoms. The molecule has 2 aromatic carbocycles.